The molecule has 17 heavy (non-hydrogen) atoms. The lowest BCUT2D eigenvalue weighted by atomic mass is 10.1. The van der Waals surface area contributed by atoms with Gasteiger partial charge < -0.3 is 5.11 Å². The van der Waals surface area contributed by atoms with Crippen LogP contribution in [0.4, 0.5) is 0 Å². The zero-order valence-electron chi connectivity index (χ0n) is 9.42. The highest BCUT2D eigenvalue weighted by molar-refractivity contribution is 6.06. The molecule has 0 radical (unpaired) electrons. The molecule has 1 N–H and O–H groups in total. The zero-order chi connectivity index (χ0) is 11.8. The first-order valence-corrected chi connectivity index (χ1v) is 5.41. The van der Waals surface area contributed by atoms with Crippen LogP contribution in [0.1, 0.15) is 0 Å². The lowest BCUT2D eigenvalue weighted by Gasteiger charge is -2.03. The quantitative estimate of drug-likeness (QED) is 0.509. The highest BCUT2D eigenvalue weighted by Gasteiger charge is 2.15. The van der Waals surface area contributed by atoms with Gasteiger partial charge in [0.1, 0.15) is 18.2 Å². The van der Waals surface area contributed by atoms with Crippen LogP contribution in [0.5, 0.6) is 5.75 Å². The topological polar surface area (TPSA) is 33.3 Å². The number of aromatic nitrogens is 1. The summed E-state index contributed by atoms with van der Waals surface area (Å²) in [4.78, 5) is 5.30. The van der Waals surface area contributed by atoms with Crippen LogP contribution in [0.15, 0.2) is 48.7 Å². The third kappa shape index (κ3) is 1.40. The van der Waals surface area contributed by atoms with E-state index in [0.29, 0.717) is 0 Å². The minimum absolute atomic E-state index is 0.269. The molecule has 84 valence electrons. The van der Waals surface area contributed by atoms with Crippen LogP contribution in [0.2, 0.25) is 0 Å². The third-order valence-corrected chi connectivity index (χ3v) is 2.94. The summed E-state index contributed by atoms with van der Waals surface area (Å²) in [6.45, 7) is 0. The van der Waals surface area contributed by atoms with Crippen molar-refractivity contribution in [2.45, 2.75) is 0 Å². The van der Waals surface area contributed by atoms with Gasteiger partial charge in [-0.25, -0.2) is 0 Å². The summed E-state index contributed by atoms with van der Waals surface area (Å²) >= 11 is 0. The number of phenols is 1. The van der Waals surface area contributed by atoms with E-state index in [2.05, 4.69) is 0 Å². The molecule has 1 aromatic heterocycles. The summed E-state index contributed by atoms with van der Waals surface area (Å²) in [5.74, 6) is 0.269. The molecule has 0 spiro atoms. The molecular weight excluding hydrogens is 214 g/mol. The SMILES string of the molecule is CO[n+]1cccc2ccc3cccc(O)c3c21. The molecule has 3 nitrogen and oxygen atoms in total. The Labute approximate surface area is 98.5 Å². The number of rotatable bonds is 1. The van der Waals surface area contributed by atoms with Crippen LogP contribution in [0.25, 0.3) is 21.7 Å². The second-order valence-electron chi connectivity index (χ2n) is 3.90. The van der Waals surface area contributed by atoms with Crippen molar-refractivity contribution in [3.05, 3.63) is 48.7 Å². The van der Waals surface area contributed by atoms with Gasteiger partial charge in [-0.1, -0.05) is 18.2 Å². The van der Waals surface area contributed by atoms with Crippen molar-refractivity contribution in [3.63, 3.8) is 0 Å². The molecule has 0 aliphatic rings. The number of aromatic hydroxyl groups is 1. The summed E-state index contributed by atoms with van der Waals surface area (Å²) in [6, 6.07) is 13.4. The van der Waals surface area contributed by atoms with Gasteiger partial charge in [-0.15, -0.1) is 0 Å². The zero-order valence-corrected chi connectivity index (χ0v) is 9.42. The van der Waals surface area contributed by atoms with Crippen molar-refractivity contribution in [2.75, 3.05) is 7.11 Å². The summed E-state index contributed by atoms with van der Waals surface area (Å²) in [7, 11) is 1.61. The Morgan fingerprint density at radius 1 is 1.00 bits per heavy atom. The maximum Gasteiger partial charge on any atom is 0.276 e. The van der Waals surface area contributed by atoms with E-state index >= 15 is 0 Å². The van der Waals surface area contributed by atoms with Crippen molar-refractivity contribution < 1.29 is 14.7 Å². The number of nitrogens with zero attached hydrogens (tertiary/aromatic N) is 1. The van der Waals surface area contributed by atoms with Gasteiger partial charge in [0.15, 0.2) is 0 Å². The highest BCUT2D eigenvalue weighted by Crippen LogP contribution is 2.29. The minimum atomic E-state index is 0.269. The second kappa shape index (κ2) is 3.63. The maximum atomic E-state index is 10.0. The molecule has 0 saturated carbocycles. The Morgan fingerprint density at radius 3 is 2.59 bits per heavy atom. The minimum Gasteiger partial charge on any atom is -0.507 e. The van der Waals surface area contributed by atoms with E-state index < -0.39 is 0 Å². The predicted molar refractivity (Wildman–Crippen MR) is 65.8 cm³/mol. The molecule has 2 aromatic carbocycles. The largest absolute Gasteiger partial charge is 0.507 e. The molecule has 0 aliphatic carbocycles. The molecular formula is C14H12NO2+. The van der Waals surface area contributed by atoms with Crippen molar-refractivity contribution in [3.8, 4) is 5.75 Å². The molecule has 0 aliphatic heterocycles. The van der Waals surface area contributed by atoms with E-state index in [9.17, 15) is 5.11 Å². The van der Waals surface area contributed by atoms with Gasteiger partial charge in [-0.05, 0) is 23.6 Å². The van der Waals surface area contributed by atoms with Crippen LogP contribution in [0.3, 0.4) is 0 Å². The van der Waals surface area contributed by atoms with Crippen molar-refractivity contribution >= 4 is 21.7 Å². The second-order valence-corrected chi connectivity index (χ2v) is 3.90. The molecule has 0 unspecified atom stereocenters. The Balaban J connectivity index is 2.61. The third-order valence-electron chi connectivity index (χ3n) is 2.94. The van der Waals surface area contributed by atoms with E-state index in [4.69, 9.17) is 4.84 Å². The van der Waals surface area contributed by atoms with E-state index in [1.807, 2.05) is 42.6 Å². The van der Waals surface area contributed by atoms with Crippen LogP contribution < -0.4 is 9.57 Å². The Kier molecular flexibility index (Phi) is 2.11. The Morgan fingerprint density at radius 2 is 1.76 bits per heavy atom. The average Bonchev–Trinajstić information content (AvgIpc) is 2.38. The fraction of sp³-hybridized carbons (Fsp3) is 0.0714. The number of hydrogen-bond acceptors (Lipinski definition) is 2. The first kappa shape index (κ1) is 9.90. The molecule has 3 heteroatoms. The summed E-state index contributed by atoms with van der Waals surface area (Å²) in [5, 5.41) is 12.9. The van der Waals surface area contributed by atoms with Crippen molar-refractivity contribution in [1.82, 2.24) is 0 Å². The molecule has 0 bridgehead atoms. The first-order chi connectivity index (χ1) is 8.31. The van der Waals surface area contributed by atoms with Gasteiger partial charge >= 0.3 is 0 Å². The first-order valence-electron chi connectivity index (χ1n) is 5.41. The number of phenolic OH excluding ortho intramolecular Hbond substituents is 1. The summed E-state index contributed by atoms with van der Waals surface area (Å²) in [5.41, 5.74) is 0.880. The average molecular weight is 226 g/mol. The van der Waals surface area contributed by atoms with Crippen LogP contribution in [0, 0.1) is 0 Å². The number of fused-ring (bicyclic) bond motifs is 3. The fourth-order valence-corrected chi connectivity index (χ4v) is 2.18. The fourth-order valence-electron chi connectivity index (χ4n) is 2.18. The van der Waals surface area contributed by atoms with E-state index in [1.165, 1.54) is 0 Å². The molecule has 0 saturated heterocycles. The van der Waals surface area contributed by atoms with E-state index in [-0.39, 0.29) is 5.75 Å². The van der Waals surface area contributed by atoms with Gasteiger partial charge in [0.2, 0.25) is 6.20 Å². The molecule has 3 aromatic rings. The lowest BCUT2D eigenvalue weighted by Crippen LogP contribution is -2.40. The number of benzene rings is 2. The summed E-state index contributed by atoms with van der Waals surface area (Å²) in [6.07, 6.45) is 1.83. The molecule has 1 heterocycles. The molecule has 0 fully saturated rings. The van der Waals surface area contributed by atoms with Crippen LogP contribution in [-0.4, -0.2) is 12.2 Å². The monoisotopic (exact) mass is 226 g/mol. The molecule has 0 atom stereocenters. The standard InChI is InChI=1S/C14H11NO2/c1-17-15-9-3-5-11-8-7-10-4-2-6-12(16)13(10)14(11)15/h2-9H,1H3/p+1. The smallest absolute Gasteiger partial charge is 0.276 e. The van der Waals surface area contributed by atoms with Gasteiger partial charge in [0, 0.05) is 10.8 Å². The van der Waals surface area contributed by atoms with Gasteiger partial charge in [0.25, 0.3) is 5.52 Å². The predicted octanol–water partition coefficient (Wildman–Crippen LogP) is 2.04. The Hall–Kier alpha value is -2.29. The lowest BCUT2D eigenvalue weighted by molar-refractivity contribution is -0.864. The number of pyridine rings is 1. The molecule has 3 rings (SSSR count). The maximum absolute atomic E-state index is 10.0. The van der Waals surface area contributed by atoms with Crippen LogP contribution >= 0.6 is 0 Å². The van der Waals surface area contributed by atoms with Gasteiger partial charge in [-0.3, -0.25) is 4.84 Å². The van der Waals surface area contributed by atoms with Crippen molar-refractivity contribution in [1.29, 1.82) is 0 Å². The van der Waals surface area contributed by atoms with E-state index in [1.54, 1.807) is 17.9 Å². The Bertz CT molecular complexity index is 707. The molecule has 0 amide bonds. The summed E-state index contributed by atoms with van der Waals surface area (Å²) < 4.78 is 1.66. The normalized spacial score (nSPS) is 10.9. The van der Waals surface area contributed by atoms with Crippen molar-refractivity contribution in [2.24, 2.45) is 0 Å². The van der Waals surface area contributed by atoms with E-state index in [0.717, 1.165) is 21.7 Å². The van der Waals surface area contributed by atoms with Gasteiger partial charge in [0.05, 0.1) is 5.39 Å². The van der Waals surface area contributed by atoms with Crippen LogP contribution in [-0.2, 0) is 0 Å². The number of hydrogen-bond donors (Lipinski definition) is 1. The van der Waals surface area contributed by atoms with Gasteiger partial charge in [-0.2, -0.15) is 0 Å². The highest BCUT2D eigenvalue weighted by atomic mass is 16.6.